The molecule has 4 nitrogen and oxygen atoms in total. The lowest BCUT2D eigenvalue weighted by Gasteiger charge is -2.11. The average Bonchev–Trinajstić information content (AvgIpc) is 2.53. The first-order chi connectivity index (χ1) is 10.3. The number of benzene rings is 2. The van der Waals surface area contributed by atoms with Crippen LogP contribution >= 0.6 is 0 Å². The number of aromatic nitrogens is 1. The third kappa shape index (κ3) is 2.69. The molecule has 1 amide bonds. The number of hydrogen-bond acceptors (Lipinski definition) is 3. The second kappa shape index (κ2) is 5.63. The summed E-state index contributed by atoms with van der Waals surface area (Å²) in [5, 5.41) is 0.837. The van der Waals surface area contributed by atoms with Crippen LogP contribution in [0.25, 0.3) is 10.9 Å². The first-order valence-electron chi connectivity index (χ1n) is 6.71. The lowest BCUT2D eigenvalue weighted by molar-refractivity contribution is 0.0964. The SMILES string of the molecule is Cc1ccccc1NNC(=O)c1ccnc2ccccc12. The molecule has 1 aromatic heterocycles. The van der Waals surface area contributed by atoms with Crippen molar-refractivity contribution in [3.05, 3.63) is 71.9 Å². The van der Waals surface area contributed by atoms with E-state index in [0.717, 1.165) is 22.2 Å². The highest BCUT2D eigenvalue weighted by molar-refractivity contribution is 6.06. The number of fused-ring (bicyclic) bond motifs is 1. The Morgan fingerprint density at radius 3 is 2.62 bits per heavy atom. The van der Waals surface area contributed by atoms with Crippen LogP contribution in [0.15, 0.2) is 60.8 Å². The van der Waals surface area contributed by atoms with Gasteiger partial charge in [0.25, 0.3) is 5.91 Å². The molecule has 0 saturated carbocycles. The number of aryl methyl sites for hydroxylation is 1. The number of pyridine rings is 1. The number of hydrogen-bond donors (Lipinski definition) is 2. The van der Waals surface area contributed by atoms with Gasteiger partial charge in [-0.05, 0) is 30.7 Å². The van der Waals surface area contributed by atoms with Crippen LogP contribution in [0.5, 0.6) is 0 Å². The van der Waals surface area contributed by atoms with Gasteiger partial charge in [-0.15, -0.1) is 0 Å². The largest absolute Gasteiger partial charge is 0.298 e. The fourth-order valence-corrected chi connectivity index (χ4v) is 2.20. The predicted octanol–water partition coefficient (Wildman–Crippen LogP) is 3.30. The summed E-state index contributed by atoms with van der Waals surface area (Å²) in [6, 6.07) is 17.1. The molecule has 0 bridgehead atoms. The topological polar surface area (TPSA) is 54.0 Å². The summed E-state index contributed by atoms with van der Waals surface area (Å²) in [4.78, 5) is 16.6. The zero-order valence-corrected chi connectivity index (χ0v) is 11.6. The summed E-state index contributed by atoms with van der Waals surface area (Å²) < 4.78 is 0. The van der Waals surface area contributed by atoms with Crippen molar-refractivity contribution >= 4 is 22.5 Å². The van der Waals surface area contributed by atoms with Crippen LogP contribution in [0.4, 0.5) is 5.69 Å². The second-order valence-corrected chi connectivity index (χ2v) is 4.77. The van der Waals surface area contributed by atoms with Crippen molar-refractivity contribution in [1.29, 1.82) is 0 Å². The smallest absolute Gasteiger partial charge is 0.270 e. The number of hydrazine groups is 1. The Labute approximate surface area is 122 Å². The van der Waals surface area contributed by atoms with Gasteiger partial charge < -0.3 is 0 Å². The zero-order chi connectivity index (χ0) is 14.7. The molecule has 0 unspecified atom stereocenters. The van der Waals surface area contributed by atoms with E-state index in [4.69, 9.17) is 0 Å². The molecule has 2 aromatic carbocycles. The monoisotopic (exact) mass is 277 g/mol. The minimum Gasteiger partial charge on any atom is -0.298 e. The Kier molecular flexibility index (Phi) is 3.51. The highest BCUT2D eigenvalue weighted by atomic mass is 16.2. The molecule has 21 heavy (non-hydrogen) atoms. The predicted molar refractivity (Wildman–Crippen MR) is 84.0 cm³/mol. The van der Waals surface area contributed by atoms with Gasteiger partial charge in [-0.25, -0.2) is 0 Å². The van der Waals surface area contributed by atoms with Crippen LogP contribution < -0.4 is 10.9 Å². The Balaban J connectivity index is 1.83. The molecular weight excluding hydrogens is 262 g/mol. The molecule has 0 radical (unpaired) electrons. The Morgan fingerprint density at radius 1 is 1.00 bits per heavy atom. The van der Waals surface area contributed by atoms with E-state index >= 15 is 0 Å². The van der Waals surface area contributed by atoms with Gasteiger partial charge in [-0.2, -0.15) is 0 Å². The van der Waals surface area contributed by atoms with Crippen LogP contribution in [0.3, 0.4) is 0 Å². The molecule has 0 spiro atoms. The van der Waals surface area contributed by atoms with Gasteiger partial charge in [0.1, 0.15) is 0 Å². The lowest BCUT2D eigenvalue weighted by atomic mass is 10.1. The molecule has 0 aliphatic rings. The van der Waals surface area contributed by atoms with Gasteiger partial charge >= 0.3 is 0 Å². The van der Waals surface area contributed by atoms with E-state index in [0.29, 0.717) is 5.56 Å². The quantitative estimate of drug-likeness (QED) is 0.722. The van der Waals surface area contributed by atoms with Crippen LogP contribution in [0.2, 0.25) is 0 Å². The van der Waals surface area contributed by atoms with Gasteiger partial charge in [-0.3, -0.25) is 20.6 Å². The fraction of sp³-hybridized carbons (Fsp3) is 0.0588. The van der Waals surface area contributed by atoms with Crippen LogP contribution in [-0.2, 0) is 0 Å². The third-order valence-corrected chi connectivity index (χ3v) is 3.35. The maximum atomic E-state index is 12.3. The van der Waals surface area contributed by atoms with E-state index in [1.165, 1.54) is 0 Å². The van der Waals surface area contributed by atoms with Gasteiger partial charge in [-0.1, -0.05) is 36.4 Å². The van der Waals surface area contributed by atoms with Gasteiger partial charge in [0.15, 0.2) is 0 Å². The Hall–Kier alpha value is -2.88. The number of carbonyl (C=O) groups excluding carboxylic acids is 1. The van der Waals surface area contributed by atoms with Crippen molar-refractivity contribution < 1.29 is 4.79 Å². The number of carbonyl (C=O) groups is 1. The zero-order valence-electron chi connectivity index (χ0n) is 11.6. The van der Waals surface area contributed by atoms with E-state index in [1.54, 1.807) is 12.3 Å². The molecule has 0 fully saturated rings. The molecule has 3 rings (SSSR count). The van der Waals surface area contributed by atoms with E-state index in [1.807, 2.05) is 55.5 Å². The molecule has 0 aliphatic carbocycles. The van der Waals surface area contributed by atoms with E-state index in [-0.39, 0.29) is 5.91 Å². The standard InChI is InChI=1S/C17H15N3O/c1-12-6-2-4-8-15(12)19-20-17(21)14-10-11-18-16-9-5-3-7-13(14)16/h2-11,19H,1H3,(H,20,21). The first kappa shape index (κ1) is 13.1. The van der Waals surface area contributed by atoms with Crippen molar-refractivity contribution in [3.63, 3.8) is 0 Å². The third-order valence-electron chi connectivity index (χ3n) is 3.35. The van der Waals surface area contributed by atoms with Gasteiger partial charge in [0, 0.05) is 11.6 Å². The molecule has 0 saturated heterocycles. The van der Waals surface area contributed by atoms with Gasteiger partial charge in [0.05, 0.1) is 16.8 Å². The summed E-state index contributed by atoms with van der Waals surface area (Å²) in [5.41, 5.74) is 9.04. The molecule has 0 aliphatic heterocycles. The maximum absolute atomic E-state index is 12.3. The molecule has 104 valence electrons. The van der Waals surface area contributed by atoms with Crippen molar-refractivity contribution in [2.24, 2.45) is 0 Å². The molecule has 1 heterocycles. The van der Waals surface area contributed by atoms with E-state index in [2.05, 4.69) is 15.8 Å². The lowest BCUT2D eigenvalue weighted by Crippen LogP contribution is -2.29. The molecule has 3 aromatic rings. The summed E-state index contributed by atoms with van der Waals surface area (Å²) in [6.45, 7) is 1.98. The van der Waals surface area contributed by atoms with Crippen LogP contribution in [-0.4, -0.2) is 10.9 Å². The number of amides is 1. The number of rotatable bonds is 3. The average molecular weight is 277 g/mol. The number of anilines is 1. The molecular formula is C17H15N3O. The van der Waals surface area contributed by atoms with Crippen molar-refractivity contribution in [3.8, 4) is 0 Å². The summed E-state index contributed by atoms with van der Waals surface area (Å²) in [5.74, 6) is -0.183. The number of nitrogens with zero attached hydrogens (tertiary/aromatic N) is 1. The highest BCUT2D eigenvalue weighted by Crippen LogP contribution is 2.16. The second-order valence-electron chi connectivity index (χ2n) is 4.77. The normalized spacial score (nSPS) is 10.3. The van der Waals surface area contributed by atoms with Crippen molar-refractivity contribution in [2.75, 3.05) is 5.43 Å². The minimum absolute atomic E-state index is 0.183. The Bertz CT molecular complexity index is 793. The summed E-state index contributed by atoms with van der Waals surface area (Å²) >= 11 is 0. The van der Waals surface area contributed by atoms with Gasteiger partial charge in [0.2, 0.25) is 0 Å². The van der Waals surface area contributed by atoms with E-state index < -0.39 is 0 Å². The fourth-order valence-electron chi connectivity index (χ4n) is 2.20. The van der Waals surface area contributed by atoms with Crippen LogP contribution in [0.1, 0.15) is 15.9 Å². The van der Waals surface area contributed by atoms with E-state index in [9.17, 15) is 4.79 Å². The summed E-state index contributed by atoms with van der Waals surface area (Å²) in [6.07, 6.45) is 1.64. The Morgan fingerprint density at radius 2 is 1.76 bits per heavy atom. The number of nitrogens with one attached hydrogen (secondary N) is 2. The van der Waals surface area contributed by atoms with Crippen molar-refractivity contribution in [1.82, 2.24) is 10.4 Å². The van der Waals surface area contributed by atoms with Crippen molar-refractivity contribution in [2.45, 2.75) is 6.92 Å². The minimum atomic E-state index is -0.183. The molecule has 2 N–H and O–H groups in total. The number of para-hydroxylation sites is 2. The summed E-state index contributed by atoms with van der Waals surface area (Å²) in [7, 11) is 0. The van der Waals surface area contributed by atoms with Crippen LogP contribution in [0, 0.1) is 6.92 Å². The molecule has 4 heteroatoms. The first-order valence-corrected chi connectivity index (χ1v) is 6.71. The highest BCUT2D eigenvalue weighted by Gasteiger charge is 2.10. The molecule has 0 atom stereocenters. The maximum Gasteiger partial charge on any atom is 0.270 e.